The maximum atomic E-state index is 4.64. The molecule has 1 aromatic carbocycles. The average Bonchev–Trinajstić information content (AvgIpc) is 2.73. The number of aromatic amines is 1. The summed E-state index contributed by atoms with van der Waals surface area (Å²) in [4.78, 5) is 8.05. The van der Waals surface area contributed by atoms with E-state index >= 15 is 0 Å². The van der Waals surface area contributed by atoms with Gasteiger partial charge in [0.1, 0.15) is 5.82 Å². The SMILES string of the molecule is CCCCCC(C)c1nc2ccccc2[nH]1. The minimum absolute atomic E-state index is 0.541. The van der Waals surface area contributed by atoms with E-state index in [1.807, 2.05) is 12.1 Å². The second-order valence-electron chi connectivity index (χ2n) is 4.54. The summed E-state index contributed by atoms with van der Waals surface area (Å²) in [6.45, 7) is 4.50. The molecule has 86 valence electrons. The molecule has 0 saturated heterocycles. The number of hydrogen-bond donors (Lipinski definition) is 1. The van der Waals surface area contributed by atoms with Crippen molar-refractivity contribution in [2.24, 2.45) is 0 Å². The number of nitrogens with zero attached hydrogens (tertiary/aromatic N) is 1. The van der Waals surface area contributed by atoms with Crippen LogP contribution in [0.5, 0.6) is 0 Å². The molecule has 1 N–H and O–H groups in total. The second-order valence-corrected chi connectivity index (χ2v) is 4.54. The smallest absolute Gasteiger partial charge is 0.110 e. The molecular weight excluding hydrogens is 196 g/mol. The molecule has 2 nitrogen and oxygen atoms in total. The Morgan fingerprint density at radius 1 is 1.25 bits per heavy atom. The lowest BCUT2D eigenvalue weighted by Crippen LogP contribution is -1.95. The van der Waals surface area contributed by atoms with E-state index in [1.165, 1.54) is 25.7 Å². The Morgan fingerprint density at radius 2 is 2.06 bits per heavy atom. The van der Waals surface area contributed by atoms with E-state index < -0.39 is 0 Å². The Kier molecular flexibility index (Phi) is 3.60. The fraction of sp³-hybridized carbons (Fsp3) is 0.500. The minimum atomic E-state index is 0.541. The number of hydrogen-bond acceptors (Lipinski definition) is 1. The van der Waals surface area contributed by atoms with Crippen LogP contribution in [0.3, 0.4) is 0 Å². The van der Waals surface area contributed by atoms with Gasteiger partial charge in [-0.1, -0.05) is 45.2 Å². The molecule has 0 aliphatic rings. The predicted octanol–water partition coefficient (Wildman–Crippen LogP) is 4.25. The molecular formula is C14H20N2. The van der Waals surface area contributed by atoms with Gasteiger partial charge in [0, 0.05) is 5.92 Å². The van der Waals surface area contributed by atoms with Crippen LogP contribution in [-0.2, 0) is 0 Å². The number of unbranched alkanes of at least 4 members (excludes halogenated alkanes) is 2. The normalized spacial score (nSPS) is 13.1. The van der Waals surface area contributed by atoms with Gasteiger partial charge in [0.25, 0.3) is 0 Å². The number of aromatic nitrogens is 2. The quantitative estimate of drug-likeness (QED) is 0.744. The van der Waals surface area contributed by atoms with Gasteiger partial charge in [-0.15, -0.1) is 0 Å². The first-order valence-corrected chi connectivity index (χ1v) is 6.26. The van der Waals surface area contributed by atoms with Gasteiger partial charge in [-0.3, -0.25) is 0 Å². The fourth-order valence-corrected chi connectivity index (χ4v) is 2.04. The molecule has 0 radical (unpaired) electrons. The molecule has 0 aliphatic carbocycles. The first-order chi connectivity index (χ1) is 7.81. The molecule has 2 rings (SSSR count). The zero-order valence-corrected chi connectivity index (χ0v) is 10.2. The van der Waals surface area contributed by atoms with Gasteiger partial charge < -0.3 is 4.98 Å². The van der Waals surface area contributed by atoms with Crippen LogP contribution in [0, 0.1) is 0 Å². The van der Waals surface area contributed by atoms with Crippen LogP contribution in [0.15, 0.2) is 24.3 Å². The highest BCUT2D eigenvalue weighted by atomic mass is 14.9. The highest BCUT2D eigenvalue weighted by Gasteiger charge is 2.09. The van der Waals surface area contributed by atoms with E-state index in [0.29, 0.717) is 5.92 Å². The maximum absolute atomic E-state index is 4.64. The van der Waals surface area contributed by atoms with Crippen molar-refractivity contribution in [3.8, 4) is 0 Å². The summed E-state index contributed by atoms with van der Waals surface area (Å²) in [5.41, 5.74) is 2.24. The van der Waals surface area contributed by atoms with Crippen molar-refractivity contribution in [2.75, 3.05) is 0 Å². The van der Waals surface area contributed by atoms with Crippen LogP contribution in [0.4, 0.5) is 0 Å². The Hall–Kier alpha value is -1.31. The number of nitrogens with one attached hydrogen (secondary N) is 1. The molecule has 1 heterocycles. The topological polar surface area (TPSA) is 28.7 Å². The molecule has 2 heteroatoms. The van der Waals surface area contributed by atoms with Crippen LogP contribution in [0.2, 0.25) is 0 Å². The number of H-pyrrole nitrogens is 1. The third-order valence-electron chi connectivity index (χ3n) is 3.12. The molecule has 0 fully saturated rings. The monoisotopic (exact) mass is 216 g/mol. The van der Waals surface area contributed by atoms with Crippen molar-refractivity contribution in [3.05, 3.63) is 30.1 Å². The van der Waals surface area contributed by atoms with Crippen molar-refractivity contribution < 1.29 is 0 Å². The van der Waals surface area contributed by atoms with E-state index in [9.17, 15) is 0 Å². The maximum Gasteiger partial charge on any atom is 0.110 e. The number of imidazole rings is 1. The van der Waals surface area contributed by atoms with Gasteiger partial charge in [0.2, 0.25) is 0 Å². The molecule has 2 aromatic rings. The van der Waals surface area contributed by atoms with Crippen molar-refractivity contribution >= 4 is 11.0 Å². The van der Waals surface area contributed by atoms with Gasteiger partial charge >= 0.3 is 0 Å². The van der Waals surface area contributed by atoms with Crippen LogP contribution >= 0.6 is 0 Å². The Bertz CT molecular complexity index is 412. The number of fused-ring (bicyclic) bond motifs is 1. The lowest BCUT2D eigenvalue weighted by atomic mass is 10.0. The van der Waals surface area contributed by atoms with Gasteiger partial charge in [-0.25, -0.2) is 4.98 Å². The van der Waals surface area contributed by atoms with Gasteiger partial charge in [0.05, 0.1) is 11.0 Å². The second kappa shape index (κ2) is 5.15. The van der Waals surface area contributed by atoms with Gasteiger partial charge in [-0.05, 0) is 18.6 Å². The molecule has 0 bridgehead atoms. The highest BCUT2D eigenvalue weighted by Crippen LogP contribution is 2.21. The summed E-state index contributed by atoms with van der Waals surface area (Å²) in [6.07, 6.45) is 5.14. The summed E-state index contributed by atoms with van der Waals surface area (Å²) in [6, 6.07) is 8.24. The molecule has 0 saturated carbocycles. The zero-order chi connectivity index (χ0) is 11.4. The van der Waals surface area contributed by atoms with Gasteiger partial charge in [0.15, 0.2) is 0 Å². The summed E-state index contributed by atoms with van der Waals surface area (Å²) in [5, 5.41) is 0. The molecule has 1 aromatic heterocycles. The molecule has 16 heavy (non-hydrogen) atoms. The molecule has 1 unspecified atom stereocenters. The zero-order valence-electron chi connectivity index (χ0n) is 10.2. The van der Waals surface area contributed by atoms with Crippen molar-refractivity contribution in [1.82, 2.24) is 9.97 Å². The van der Waals surface area contributed by atoms with E-state index in [1.54, 1.807) is 0 Å². The molecule has 0 amide bonds. The summed E-state index contributed by atoms with van der Waals surface area (Å²) in [5.74, 6) is 1.68. The predicted molar refractivity (Wildman–Crippen MR) is 68.7 cm³/mol. The molecule has 1 atom stereocenters. The summed E-state index contributed by atoms with van der Waals surface area (Å²) in [7, 11) is 0. The summed E-state index contributed by atoms with van der Waals surface area (Å²) < 4.78 is 0. The number of benzene rings is 1. The Morgan fingerprint density at radius 3 is 2.81 bits per heavy atom. The van der Waals surface area contributed by atoms with Crippen molar-refractivity contribution in [1.29, 1.82) is 0 Å². The van der Waals surface area contributed by atoms with Crippen LogP contribution in [0.1, 0.15) is 51.3 Å². The lowest BCUT2D eigenvalue weighted by Gasteiger charge is -2.06. The van der Waals surface area contributed by atoms with Crippen LogP contribution in [0.25, 0.3) is 11.0 Å². The van der Waals surface area contributed by atoms with Crippen LogP contribution in [-0.4, -0.2) is 9.97 Å². The molecule has 0 spiro atoms. The standard InChI is InChI=1S/C14H20N2/c1-3-4-5-8-11(2)14-15-12-9-6-7-10-13(12)16-14/h6-7,9-11H,3-5,8H2,1-2H3,(H,15,16). The first-order valence-electron chi connectivity index (χ1n) is 6.26. The van der Waals surface area contributed by atoms with Crippen molar-refractivity contribution in [2.45, 2.75) is 45.4 Å². The summed E-state index contributed by atoms with van der Waals surface area (Å²) >= 11 is 0. The number of para-hydroxylation sites is 2. The molecule has 0 aliphatic heterocycles. The first kappa shape index (κ1) is 11.2. The fourth-order valence-electron chi connectivity index (χ4n) is 2.04. The third kappa shape index (κ3) is 2.43. The largest absolute Gasteiger partial charge is 0.342 e. The lowest BCUT2D eigenvalue weighted by molar-refractivity contribution is 0.581. The minimum Gasteiger partial charge on any atom is -0.342 e. The van der Waals surface area contributed by atoms with E-state index in [0.717, 1.165) is 16.9 Å². The number of rotatable bonds is 5. The Balaban J connectivity index is 2.07. The van der Waals surface area contributed by atoms with Crippen LogP contribution < -0.4 is 0 Å². The van der Waals surface area contributed by atoms with E-state index in [2.05, 4.69) is 35.9 Å². The Labute approximate surface area is 97.1 Å². The third-order valence-corrected chi connectivity index (χ3v) is 3.12. The van der Waals surface area contributed by atoms with Crippen molar-refractivity contribution in [3.63, 3.8) is 0 Å². The highest BCUT2D eigenvalue weighted by molar-refractivity contribution is 5.74. The van der Waals surface area contributed by atoms with E-state index in [4.69, 9.17) is 0 Å². The van der Waals surface area contributed by atoms with Gasteiger partial charge in [-0.2, -0.15) is 0 Å². The average molecular weight is 216 g/mol. The van der Waals surface area contributed by atoms with E-state index in [-0.39, 0.29) is 0 Å².